The van der Waals surface area contributed by atoms with Gasteiger partial charge in [-0.3, -0.25) is 14.4 Å². The molecule has 3 aromatic carbocycles. The summed E-state index contributed by atoms with van der Waals surface area (Å²) in [6.07, 6.45) is 2.78. The molecule has 0 radical (unpaired) electrons. The summed E-state index contributed by atoms with van der Waals surface area (Å²) in [5, 5.41) is 7.79. The van der Waals surface area contributed by atoms with Gasteiger partial charge in [-0.2, -0.15) is 0 Å². The van der Waals surface area contributed by atoms with Gasteiger partial charge in [0.05, 0.1) is 0 Å². The lowest BCUT2D eigenvalue weighted by atomic mass is 9.96. The average molecular weight is 473 g/mol. The Bertz CT molecular complexity index is 1180. The molecule has 35 heavy (non-hydrogen) atoms. The highest BCUT2D eigenvalue weighted by molar-refractivity contribution is 5.99. The van der Waals surface area contributed by atoms with E-state index in [0.29, 0.717) is 5.56 Å². The minimum Gasteiger partial charge on any atom is -0.369 e. The van der Waals surface area contributed by atoms with Crippen molar-refractivity contribution in [1.82, 2.24) is 10.2 Å². The number of primary amides is 1. The minimum atomic E-state index is -0.188. The lowest BCUT2D eigenvalue weighted by Gasteiger charge is -2.30. The van der Waals surface area contributed by atoms with Crippen LogP contribution in [0.4, 0.5) is 5.69 Å². The van der Waals surface area contributed by atoms with Gasteiger partial charge >= 0.3 is 0 Å². The number of piperidine rings is 1. The van der Waals surface area contributed by atoms with Gasteiger partial charge in [-0.05, 0) is 73.0 Å². The predicted octanol–water partition coefficient (Wildman–Crippen LogP) is 3.34. The minimum absolute atomic E-state index is 0.0150. The lowest BCUT2D eigenvalue weighted by molar-refractivity contribution is -0.123. The molecule has 7 heteroatoms. The average Bonchev–Trinajstić information content (AvgIpc) is 2.88. The van der Waals surface area contributed by atoms with Gasteiger partial charge in [0.1, 0.15) is 0 Å². The van der Waals surface area contributed by atoms with Crippen molar-refractivity contribution in [1.29, 1.82) is 0 Å². The van der Waals surface area contributed by atoms with Crippen LogP contribution >= 0.6 is 0 Å². The molecular formula is C28H32N4O3. The zero-order valence-corrected chi connectivity index (χ0v) is 19.8. The first-order valence-electron chi connectivity index (χ1n) is 12.2. The molecule has 182 valence electrons. The van der Waals surface area contributed by atoms with Gasteiger partial charge in [0.2, 0.25) is 11.8 Å². The number of fused-ring (bicyclic) bond motifs is 1. The van der Waals surface area contributed by atoms with E-state index in [1.165, 1.54) is 5.56 Å². The van der Waals surface area contributed by atoms with Crippen molar-refractivity contribution in [3.8, 4) is 0 Å². The smallest absolute Gasteiger partial charge is 0.251 e. The fraction of sp³-hybridized carbons (Fsp3) is 0.321. The highest BCUT2D eigenvalue weighted by atomic mass is 16.2. The molecule has 7 nitrogen and oxygen atoms in total. The van der Waals surface area contributed by atoms with Gasteiger partial charge in [0.15, 0.2) is 0 Å². The van der Waals surface area contributed by atoms with E-state index in [9.17, 15) is 14.4 Å². The normalized spacial score (nSPS) is 14.5. The summed E-state index contributed by atoms with van der Waals surface area (Å²) in [5.41, 5.74) is 7.92. The number of hydrogen-bond donors (Lipinski definition) is 3. The maximum atomic E-state index is 12.4. The summed E-state index contributed by atoms with van der Waals surface area (Å²) >= 11 is 0. The first-order chi connectivity index (χ1) is 17.0. The summed E-state index contributed by atoms with van der Waals surface area (Å²) in [6, 6.07) is 21.3. The molecule has 1 heterocycles. The second-order valence-electron chi connectivity index (χ2n) is 9.08. The van der Waals surface area contributed by atoms with Crippen LogP contribution in [0.15, 0.2) is 66.7 Å². The molecule has 0 atom stereocenters. The van der Waals surface area contributed by atoms with Gasteiger partial charge in [0, 0.05) is 36.7 Å². The summed E-state index contributed by atoms with van der Waals surface area (Å²) in [7, 11) is 0. The molecule has 4 N–H and O–H groups in total. The van der Waals surface area contributed by atoms with Crippen LogP contribution in [0, 0.1) is 5.92 Å². The molecule has 0 bridgehead atoms. The quantitative estimate of drug-likeness (QED) is 0.444. The van der Waals surface area contributed by atoms with Crippen LogP contribution < -0.4 is 16.4 Å². The van der Waals surface area contributed by atoms with E-state index in [2.05, 4.69) is 15.5 Å². The molecule has 0 unspecified atom stereocenters. The van der Waals surface area contributed by atoms with Crippen molar-refractivity contribution >= 4 is 34.2 Å². The van der Waals surface area contributed by atoms with E-state index in [0.717, 1.165) is 55.4 Å². The number of carbonyl (C=O) groups excluding carboxylic acids is 3. The number of rotatable bonds is 9. The molecule has 0 spiro atoms. The molecule has 1 aliphatic rings. The van der Waals surface area contributed by atoms with Crippen molar-refractivity contribution < 1.29 is 14.4 Å². The third-order valence-electron chi connectivity index (χ3n) is 6.59. The van der Waals surface area contributed by atoms with Crippen LogP contribution in [0.3, 0.4) is 0 Å². The molecule has 3 aromatic rings. The number of amides is 3. The van der Waals surface area contributed by atoms with Gasteiger partial charge < -0.3 is 21.3 Å². The maximum Gasteiger partial charge on any atom is 0.251 e. The topological polar surface area (TPSA) is 105 Å². The molecule has 0 saturated carbocycles. The summed E-state index contributed by atoms with van der Waals surface area (Å²) in [5.74, 6) is -0.503. The number of hydrogen-bond acceptors (Lipinski definition) is 4. The Labute approximate surface area is 205 Å². The van der Waals surface area contributed by atoms with Crippen molar-refractivity contribution in [3.63, 3.8) is 0 Å². The Hall–Kier alpha value is -3.71. The molecule has 1 fully saturated rings. The van der Waals surface area contributed by atoms with E-state index < -0.39 is 0 Å². The third kappa shape index (κ3) is 6.90. The monoisotopic (exact) mass is 472 g/mol. The van der Waals surface area contributed by atoms with Crippen LogP contribution in [0.25, 0.3) is 10.8 Å². The van der Waals surface area contributed by atoms with Crippen LogP contribution in [0.5, 0.6) is 0 Å². The molecule has 4 rings (SSSR count). The maximum absolute atomic E-state index is 12.4. The molecule has 3 amide bonds. The van der Waals surface area contributed by atoms with Gasteiger partial charge in [-0.1, -0.05) is 42.5 Å². The highest BCUT2D eigenvalue weighted by Gasteiger charge is 2.22. The fourth-order valence-corrected chi connectivity index (χ4v) is 4.43. The summed E-state index contributed by atoms with van der Waals surface area (Å²) in [6.45, 7) is 3.01. The molecule has 1 saturated heterocycles. The zero-order valence-electron chi connectivity index (χ0n) is 19.8. The first-order valence-corrected chi connectivity index (χ1v) is 12.2. The fourth-order valence-electron chi connectivity index (χ4n) is 4.43. The highest BCUT2D eigenvalue weighted by Crippen LogP contribution is 2.18. The van der Waals surface area contributed by atoms with Crippen molar-refractivity contribution in [2.45, 2.75) is 25.7 Å². The van der Waals surface area contributed by atoms with Gasteiger partial charge in [-0.25, -0.2) is 0 Å². The predicted molar refractivity (Wildman–Crippen MR) is 138 cm³/mol. The standard InChI is InChI=1S/C28H32N4O3/c29-27(34)22-13-17-32(18-14-22)16-12-20-5-9-25(10-6-20)31-26(33)11-15-30-28(35)24-8-7-21-3-1-2-4-23(21)19-24/h1-10,19,22H,11-18H2,(H2,29,34)(H,30,35)(H,31,33). The van der Waals surface area contributed by atoms with Crippen molar-refractivity contribution in [3.05, 3.63) is 77.9 Å². The Morgan fingerprint density at radius 1 is 0.914 bits per heavy atom. The Balaban J connectivity index is 1.16. The summed E-state index contributed by atoms with van der Waals surface area (Å²) in [4.78, 5) is 38.4. The van der Waals surface area contributed by atoms with E-state index in [-0.39, 0.29) is 36.6 Å². The number of nitrogens with one attached hydrogen (secondary N) is 2. The molecule has 0 aliphatic carbocycles. The van der Waals surface area contributed by atoms with E-state index in [1.54, 1.807) is 6.07 Å². The Morgan fingerprint density at radius 2 is 1.63 bits per heavy atom. The van der Waals surface area contributed by atoms with Crippen LogP contribution in [-0.4, -0.2) is 48.8 Å². The number of likely N-dealkylation sites (tertiary alicyclic amines) is 1. The molecule has 1 aliphatic heterocycles. The second kappa shape index (κ2) is 11.6. The molecular weight excluding hydrogens is 440 g/mol. The zero-order chi connectivity index (χ0) is 24.6. The lowest BCUT2D eigenvalue weighted by Crippen LogP contribution is -2.39. The Morgan fingerprint density at radius 3 is 2.34 bits per heavy atom. The van der Waals surface area contributed by atoms with E-state index in [4.69, 9.17) is 5.73 Å². The van der Waals surface area contributed by atoms with Gasteiger partial charge in [-0.15, -0.1) is 0 Å². The molecule has 0 aromatic heterocycles. The number of nitrogens with two attached hydrogens (primary N) is 1. The van der Waals surface area contributed by atoms with Crippen LogP contribution in [-0.2, 0) is 16.0 Å². The number of anilines is 1. The SMILES string of the molecule is NC(=O)C1CCN(CCc2ccc(NC(=O)CCNC(=O)c3ccc4ccccc4c3)cc2)CC1. The largest absolute Gasteiger partial charge is 0.369 e. The van der Waals surface area contributed by atoms with Gasteiger partial charge in [0.25, 0.3) is 5.91 Å². The first kappa shape index (κ1) is 24.4. The van der Waals surface area contributed by atoms with Crippen molar-refractivity contribution in [2.24, 2.45) is 11.7 Å². The van der Waals surface area contributed by atoms with E-state index in [1.807, 2.05) is 60.7 Å². The third-order valence-corrected chi connectivity index (χ3v) is 6.59. The van der Waals surface area contributed by atoms with Crippen LogP contribution in [0.2, 0.25) is 0 Å². The Kier molecular flexibility index (Phi) is 8.11. The number of carbonyl (C=O) groups is 3. The second-order valence-corrected chi connectivity index (χ2v) is 9.08. The summed E-state index contributed by atoms with van der Waals surface area (Å²) < 4.78 is 0. The number of benzene rings is 3. The van der Waals surface area contributed by atoms with Crippen LogP contribution in [0.1, 0.15) is 35.2 Å². The number of nitrogens with zero attached hydrogens (tertiary/aromatic N) is 1. The van der Waals surface area contributed by atoms with Crippen molar-refractivity contribution in [2.75, 3.05) is 31.5 Å². The van der Waals surface area contributed by atoms with E-state index >= 15 is 0 Å².